The maximum Gasteiger partial charge on any atom is 0.177 e. The first-order valence-corrected chi connectivity index (χ1v) is 22.8. The van der Waals surface area contributed by atoms with Crippen LogP contribution in [-0.4, -0.2) is 53.9 Å². The van der Waals surface area contributed by atoms with Crippen LogP contribution in [0.2, 0.25) is 0 Å². The fourth-order valence-electron chi connectivity index (χ4n) is 9.67. The minimum Gasteiger partial charge on any atom is -0.509 e. The van der Waals surface area contributed by atoms with Gasteiger partial charge in [0.1, 0.15) is 40.4 Å². The van der Waals surface area contributed by atoms with Gasteiger partial charge in [0.2, 0.25) is 0 Å². The minimum absolute atomic E-state index is 0.0734. The highest BCUT2D eigenvalue weighted by Gasteiger charge is 2.29. The first-order chi connectivity index (χ1) is 32.9. The summed E-state index contributed by atoms with van der Waals surface area (Å²) >= 11 is 1.62. The standard InChI is InChI=1S/C57H35B3N4O2S/c58-48-47(53(65)49(59)50(60)54(48)66)42-23-14-26-45(46(42)35-17-6-2-7-18-35)63-43-24-12-10-21-38(43)40-31-32-41-39-22-11-13-25-44(39)64(52(41)51(40)63)57-62-55(61-56(67-57)37-19-8-3-9-20-37)36-29-27-34(28-30-36)33-15-4-1-5-16-33/h1-32,56,65-66H. The van der Waals surface area contributed by atoms with E-state index in [4.69, 9.17) is 33.5 Å². The second kappa shape index (κ2) is 16.2. The van der Waals surface area contributed by atoms with Gasteiger partial charge in [0.15, 0.2) is 11.0 Å². The van der Waals surface area contributed by atoms with Crippen LogP contribution in [0, 0.1) is 0 Å². The van der Waals surface area contributed by atoms with E-state index >= 15 is 0 Å². The minimum atomic E-state index is -0.382. The third kappa shape index (κ3) is 6.54. The molecular weight excluding hydrogens is 837 g/mol. The number of phenolic OH excluding ortho intramolecular Hbond substituents is 2. The fraction of sp³-hybridized carbons (Fsp3) is 0.0175. The topological polar surface area (TPSA) is 75.0 Å². The van der Waals surface area contributed by atoms with Gasteiger partial charge in [0.25, 0.3) is 0 Å². The lowest BCUT2D eigenvalue weighted by Gasteiger charge is -2.23. The molecule has 0 spiro atoms. The molecule has 2 N–H and O–H groups in total. The Kier molecular flexibility index (Phi) is 9.80. The fourth-order valence-corrected chi connectivity index (χ4v) is 10.8. The number of amidine groups is 1. The molecule has 0 amide bonds. The van der Waals surface area contributed by atoms with Crippen molar-refractivity contribution in [3.63, 3.8) is 0 Å². The van der Waals surface area contributed by atoms with E-state index in [1.54, 1.807) is 11.8 Å². The van der Waals surface area contributed by atoms with E-state index in [-0.39, 0.29) is 38.8 Å². The highest BCUT2D eigenvalue weighted by molar-refractivity contribution is 8.14. The van der Waals surface area contributed by atoms with Crippen LogP contribution in [0.4, 0.5) is 0 Å². The third-order valence-electron chi connectivity index (χ3n) is 12.8. The molecule has 0 aliphatic carbocycles. The molecule has 0 saturated heterocycles. The van der Waals surface area contributed by atoms with Crippen molar-refractivity contribution in [2.75, 3.05) is 0 Å². The van der Waals surface area contributed by atoms with Crippen LogP contribution in [0.5, 0.6) is 11.5 Å². The van der Waals surface area contributed by atoms with Crippen LogP contribution in [0.15, 0.2) is 204 Å². The smallest absolute Gasteiger partial charge is 0.177 e. The SMILES string of the molecule is [B]c1c([B])c(O)c(-c2cccc(-n3c4ccccc4c4ccc5c6ccccc6n(C6=NC(c7ccc(-c8ccccc8)cc7)=NC(c7ccccc7)S6)c5c43)c2-c2ccccc2)c([B])c1O. The molecule has 0 fully saturated rings. The Hall–Kier alpha value is -7.94. The Morgan fingerprint density at radius 1 is 0.433 bits per heavy atom. The molecule has 6 nitrogen and oxygen atoms in total. The number of hydrogen-bond acceptors (Lipinski definition) is 5. The van der Waals surface area contributed by atoms with Crippen molar-refractivity contribution in [2.24, 2.45) is 9.98 Å². The molecular formula is C57H35B3N4O2S. The zero-order valence-corrected chi connectivity index (χ0v) is 36.7. The van der Waals surface area contributed by atoms with Crippen LogP contribution < -0.4 is 16.4 Å². The number of para-hydroxylation sites is 2. The van der Waals surface area contributed by atoms with E-state index in [2.05, 4.69) is 149 Å². The number of nitrogens with zero attached hydrogens (tertiary/aromatic N) is 4. The predicted molar refractivity (Wildman–Crippen MR) is 282 cm³/mol. The van der Waals surface area contributed by atoms with Gasteiger partial charge in [0, 0.05) is 38.2 Å². The first-order valence-electron chi connectivity index (χ1n) is 21.9. The van der Waals surface area contributed by atoms with Gasteiger partial charge in [-0.3, -0.25) is 4.57 Å². The summed E-state index contributed by atoms with van der Waals surface area (Å²) < 4.78 is 4.62. The summed E-state index contributed by atoms with van der Waals surface area (Å²) in [5.41, 5.74) is 10.9. The molecule has 12 rings (SSSR count). The molecule has 11 aromatic rings. The normalized spacial score (nSPS) is 13.9. The molecule has 1 aliphatic heterocycles. The van der Waals surface area contributed by atoms with E-state index in [0.29, 0.717) is 11.4 Å². The summed E-state index contributed by atoms with van der Waals surface area (Å²) in [6, 6.07) is 66.5. The molecule has 2 aromatic heterocycles. The summed E-state index contributed by atoms with van der Waals surface area (Å²) in [6.45, 7) is 0. The largest absolute Gasteiger partial charge is 0.509 e. The second-order valence-electron chi connectivity index (χ2n) is 16.6. The summed E-state index contributed by atoms with van der Waals surface area (Å²) in [4.78, 5) is 10.8. The lowest BCUT2D eigenvalue weighted by molar-refractivity contribution is 0.472. The molecule has 310 valence electrons. The van der Waals surface area contributed by atoms with Crippen LogP contribution in [0.25, 0.3) is 82.7 Å². The number of fused-ring (bicyclic) bond motifs is 7. The van der Waals surface area contributed by atoms with Crippen molar-refractivity contribution >= 4 is 106 Å². The van der Waals surface area contributed by atoms with Crippen molar-refractivity contribution in [2.45, 2.75) is 5.37 Å². The average molecular weight is 872 g/mol. The quantitative estimate of drug-likeness (QED) is 0.129. The van der Waals surface area contributed by atoms with Crippen LogP contribution in [0.3, 0.4) is 0 Å². The van der Waals surface area contributed by atoms with Crippen molar-refractivity contribution < 1.29 is 10.2 Å². The predicted octanol–water partition coefficient (Wildman–Crippen LogP) is 10.8. The van der Waals surface area contributed by atoms with E-state index in [0.717, 1.165) is 87.8 Å². The highest BCUT2D eigenvalue weighted by atomic mass is 32.2. The molecule has 3 heterocycles. The van der Waals surface area contributed by atoms with Crippen LogP contribution >= 0.6 is 11.8 Å². The number of hydrogen-bond donors (Lipinski definition) is 2. The molecule has 67 heavy (non-hydrogen) atoms. The van der Waals surface area contributed by atoms with Crippen LogP contribution in [0.1, 0.15) is 16.5 Å². The van der Waals surface area contributed by atoms with Crippen molar-refractivity contribution in [3.05, 3.63) is 205 Å². The maximum atomic E-state index is 11.7. The number of aromatic nitrogens is 2. The van der Waals surface area contributed by atoms with Crippen molar-refractivity contribution in [3.8, 4) is 50.6 Å². The molecule has 1 unspecified atom stereocenters. The van der Waals surface area contributed by atoms with Gasteiger partial charge in [-0.1, -0.05) is 199 Å². The first kappa shape index (κ1) is 40.6. The molecule has 1 aliphatic rings. The second-order valence-corrected chi connectivity index (χ2v) is 17.7. The summed E-state index contributed by atoms with van der Waals surface area (Å²) in [5, 5.41) is 27.6. The molecule has 1 atom stereocenters. The number of phenols is 2. The monoisotopic (exact) mass is 872 g/mol. The molecule has 10 heteroatoms. The summed E-state index contributed by atoms with van der Waals surface area (Å²) in [5.74, 6) is -0.0462. The third-order valence-corrected chi connectivity index (χ3v) is 13.9. The summed E-state index contributed by atoms with van der Waals surface area (Å²) in [6.07, 6.45) is 0. The zero-order chi connectivity index (χ0) is 45.3. The summed E-state index contributed by atoms with van der Waals surface area (Å²) in [7, 11) is 19.2. The Bertz CT molecular complexity index is 3800. The van der Waals surface area contributed by atoms with Gasteiger partial charge in [-0.05, 0) is 51.5 Å². The Labute approximate surface area is 394 Å². The number of aliphatic imine (C=N–C) groups is 2. The van der Waals surface area contributed by atoms with Crippen molar-refractivity contribution in [1.29, 1.82) is 0 Å². The lowest BCUT2D eigenvalue weighted by Crippen LogP contribution is -2.32. The Morgan fingerprint density at radius 2 is 0.955 bits per heavy atom. The molecule has 9 aromatic carbocycles. The molecule has 6 radical (unpaired) electrons. The Morgan fingerprint density at radius 3 is 1.61 bits per heavy atom. The van der Waals surface area contributed by atoms with Crippen molar-refractivity contribution in [1.82, 2.24) is 9.13 Å². The van der Waals surface area contributed by atoms with E-state index < -0.39 is 0 Å². The van der Waals surface area contributed by atoms with Gasteiger partial charge >= 0.3 is 0 Å². The maximum absolute atomic E-state index is 11.7. The van der Waals surface area contributed by atoms with E-state index in [1.165, 1.54) is 0 Å². The average Bonchev–Trinajstić information content (AvgIpc) is 3.91. The highest BCUT2D eigenvalue weighted by Crippen LogP contribution is 2.47. The lowest BCUT2D eigenvalue weighted by atomic mass is 9.71. The molecule has 0 saturated carbocycles. The molecule has 0 bridgehead atoms. The van der Waals surface area contributed by atoms with Gasteiger partial charge in [-0.15, -0.1) is 0 Å². The van der Waals surface area contributed by atoms with Crippen LogP contribution in [-0.2, 0) is 0 Å². The van der Waals surface area contributed by atoms with Gasteiger partial charge in [-0.25, -0.2) is 9.98 Å². The Balaban J connectivity index is 1.18. The van der Waals surface area contributed by atoms with Gasteiger partial charge in [-0.2, -0.15) is 0 Å². The number of thioether (sulfide) groups is 1. The van der Waals surface area contributed by atoms with Gasteiger partial charge < -0.3 is 14.8 Å². The number of aromatic hydroxyl groups is 2. The van der Waals surface area contributed by atoms with E-state index in [1.807, 2.05) is 54.6 Å². The number of benzene rings is 9. The number of rotatable bonds is 6. The zero-order valence-electron chi connectivity index (χ0n) is 35.9. The van der Waals surface area contributed by atoms with Gasteiger partial charge in [0.05, 0.1) is 27.8 Å². The van der Waals surface area contributed by atoms with E-state index in [9.17, 15) is 10.2 Å².